The van der Waals surface area contributed by atoms with Gasteiger partial charge in [-0.1, -0.05) is 78.4 Å². The van der Waals surface area contributed by atoms with Crippen LogP contribution in [0.4, 0.5) is 0 Å². The molecule has 1 aliphatic rings. The van der Waals surface area contributed by atoms with Gasteiger partial charge in [-0.3, -0.25) is 4.31 Å². The van der Waals surface area contributed by atoms with E-state index < -0.39 is 16.1 Å². The summed E-state index contributed by atoms with van der Waals surface area (Å²) in [6.07, 6.45) is 1.60. The van der Waals surface area contributed by atoms with Crippen LogP contribution in [0, 0.1) is 6.92 Å². The summed E-state index contributed by atoms with van der Waals surface area (Å²) in [6, 6.07) is 25.6. The van der Waals surface area contributed by atoms with E-state index in [1.807, 2.05) is 79.7 Å². The fourth-order valence-electron chi connectivity index (χ4n) is 3.23. The third-order valence-electron chi connectivity index (χ3n) is 4.79. The molecule has 0 aromatic heterocycles. The van der Waals surface area contributed by atoms with Gasteiger partial charge in [-0.05, 0) is 24.6 Å². The monoisotopic (exact) mass is 391 g/mol. The molecule has 0 N–H and O–H groups in total. The summed E-state index contributed by atoms with van der Waals surface area (Å²) >= 11 is 0. The lowest BCUT2D eigenvalue weighted by Gasteiger charge is -2.35. The highest BCUT2D eigenvalue weighted by Crippen LogP contribution is 2.35. The van der Waals surface area contributed by atoms with Gasteiger partial charge in [-0.15, -0.1) is 0 Å². The number of nitrogens with zero attached hydrogens (tertiary/aromatic N) is 1. The smallest absolute Gasteiger partial charge is 0.264 e. The Hall–Kier alpha value is -3.05. The lowest BCUT2D eigenvalue weighted by molar-refractivity contribution is 0.178. The molecule has 3 aromatic carbocycles. The molecule has 0 saturated heterocycles. The van der Waals surface area contributed by atoms with Gasteiger partial charge in [0.2, 0.25) is 0 Å². The number of sulfonamides is 1. The van der Waals surface area contributed by atoms with Crippen LogP contribution in [0.25, 0.3) is 5.76 Å². The van der Waals surface area contributed by atoms with Gasteiger partial charge >= 0.3 is 0 Å². The van der Waals surface area contributed by atoms with Gasteiger partial charge in [0.15, 0.2) is 0 Å². The van der Waals surface area contributed by atoms with Crippen molar-refractivity contribution >= 4 is 15.8 Å². The normalized spacial score (nSPS) is 17.0. The second-order valence-corrected chi connectivity index (χ2v) is 8.59. The molecule has 1 heterocycles. The van der Waals surface area contributed by atoms with Crippen molar-refractivity contribution in [1.29, 1.82) is 0 Å². The molecule has 0 fully saturated rings. The molecule has 28 heavy (non-hydrogen) atoms. The summed E-state index contributed by atoms with van der Waals surface area (Å²) in [6.45, 7) is 2.18. The molecule has 4 nitrogen and oxygen atoms in total. The zero-order chi connectivity index (χ0) is 19.6. The van der Waals surface area contributed by atoms with E-state index in [0.717, 1.165) is 16.7 Å². The molecule has 0 spiro atoms. The number of hydrogen-bond acceptors (Lipinski definition) is 3. The van der Waals surface area contributed by atoms with Crippen molar-refractivity contribution in [2.24, 2.45) is 0 Å². The van der Waals surface area contributed by atoms with Crippen LogP contribution in [-0.4, -0.2) is 19.3 Å². The van der Waals surface area contributed by atoms with Gasteiger partial charge in [0.1, 0.15) is 18.4 Å². The van der Waals surface area contributed by atoms with Crippen LogP contribution in [0.2, 0.25) is 0 Å². The quantitative estimate of drug-likeness (QED) is 0.644. The summed E-state index contributed by atoms with van der Waals surface area (Å²) in [5.74, 6) is 0.545. The maximum absolute atomic E-state index is 13.5. The fraction of sp³-hybridized carbons (Fsp3) is 0.130. The molecule has 1 aliphatic heterocycles. The van der Waals surface area contributed by atoms with Crippen LogP contribution in [-0.2, 0) is 14.8 Å². The van der Waals surface area contributed by atoms with E-state index in [9.17, 15) is 8.42 Å². The number of ether oxygens (including phenoxy) is 1. The van der Waals surface area contributed by atoms with Crippen molar-refractivity contribution in [2.75, 3.05) is 6.61 Å². The number of benzene rings is 3. The Morgan fingerprint density at radius 1 is 0.857 bits per heavy atom. The number of aryl methyl sites for hydroxylation is 1. The van der Waals surface area contributed by atoms with Crippen molar-refractivity contribution in [1.82, 2.24) is 4.31 Å². The Kier molecular flexibility index (Phi) is 4.92. The standard InChI is InChI=1S/C23H21NO3S/c1-18-12-14-21(15-13-18)28(25,26)24-16-23(20-10-6-3-7-11-20)27-17-22(24)19-8-4-2-5-9-19/h2-16,22H,17H2,1H3/t22-/m0/s1. The van der Waals surface area contributed by atoms with Gasteiger partial charge in [0, 0.05) is 5.56 Å². The zero-order valence-corrected chi connectivity index (χ0v) is 16.3. The second kappa shape index (κ2) is 7.52. The van der Waals surface area contributed by atoms with Crippen molar-refractivity contribution < 1.29 is 13.2 Å². The predicted octanol–water partition coefficient (Wildman–Crippen LogP) is 4.76. The van der Waals surface area contributed by atoms with E-state index in [4.69, 9.17) is 4.74 Å². The zero-order valence-electron chi connectivity index (χ0n) is 15.5. The minimum atomic E-state index is -3.74. The maximum atomic E-state index is 13.5. The first-order valence-electron chi connectivity index (χ1n) is 9.11. The molecule has 0 saturated carbocycles. The molecule has 0 amide bonds. The van der Waals surface area contributed by atoms with Crippen LogP contribution >= 0.6 is 0 Å². The Labute approximate surface area is 165 Å². The largest absolute Gasteiger partial charge is 0.489 e. The van der Waals surface area contributed by atoms with E-state index >= 15 is 0 Å². The summed E-state index contributed by atoms with van der Waals surface area (Å²) in [7, 11) is -3.74. The van der Waals surface area contributed by atoms with Crippen molar-refractivity contribution in [3.05, 3.63) is 108 Å². The maximum Gasteiger partial charge on any atom is 0.264 e. The predicted molar refractivity (Wildman–Crippen MR) is 110 cm³/mol. The van der Waals surface area contributed by atoms with Gasteiger partial charge < -0.3 is 4.74 Å². The van der Waals surface area contributed by atoms with E-state index in [1.54, 1.807) is 18.3 Å². The highest BCUT2D eigenvalue weighted by atomic mass is 32.2. The Bertz CT molecular complexity index is 1080. The molecular weight excluding hydrogens is 370 g/mol. The number of rotatable bonds is 4. The minimum absolute atomic E-state index is 0.246. The summed E-state index contributed by atoms with van der Waals surface area (Å²) < 4.78 is 34.4. The van der Waals surface area contributed by atoms with E-state index in [1.165, 1.54) is 4.31 Å². The van der Waals surface area contributed by atoms with Crippen LogP contribution in [0.5, 0.6) is 0 Å². The molecule has 0 bridgehead atoms. The number of hydrogen-bond donors (Lipinski definition) is 0. The summed E-state index contributed by atoms with van der Waals surface area (Å²) in [4.78, 5) is 0.268. The Morgan fingerprint density at radius 3 is 2.11 bits per heavy atom. The second-order valence-electron chi connectivity index (χ2n) is 6.74. The lowest BCUT2D eigenvalue weighted by Crippen LogP contribution is -2.36. The van der Waals surface area contributed by atoms with Gasteiger partial charge in [0.05, 0.1) is 11.1 Å². The molecule has 4 rings (SSSR count). The van der Waals surface area contributed by atoms with Crippen LogP contribution < -0.4 is 0 Å². The molecule has 1 atom stereocenters. The van der Waals surface area contributed by atoms with Gasteiger partial charge in [-0.2, -0.15) is 0 Å². The molecule has 0 unspecified atom stereocenters. The van der Waals surface area contributed by atoms with Gasteiger partial charge in [0.25, 0.3) is 10.0 Å². The molecular formula is C23H21NO3S. The van der Waals surface area contributed by atoms with Gasteiger partial charge in [-0.25, -0.2) is 8.42 Å². The highest BCUT2D eigenvalue weighted by Gasteiger charge is 2.34. The first-order valence-corrected chi connectivity index (χ1v) is 10.5. The molecule has 5 heteroatoms. The molecule has 0 aliphatic carbocycles. The van der Waals surface area contributed by atoms with E-state index in [-0.39, 0.29) is 11.5 Å². The SMILES string of the molecule is Cc1ccc(S(=O)(=O)N2C=C(c3ccccc3)OC[C@H]2c2ccccc2)cc1. The lowest BCUT2D eigenvalue weighted by atomic mass is 10.1. The average Bonchev–Trinajstić information content (AvgIpc) is 2.75. The molecule has 0 radical (unpaired) electrons. The molecule has 3 aromatic rings. The van der Waals surface area contributed by atoms with E-state index in [0.29, 0.717) is 5.76 Å². The highest BCUT2D eigenvalue weighted by molar-refractivity contribution is 7.89. The Balaban J connectivity index is 1.82. The first kappa shape index (κ1) is 18.3. The van der Waals surface area contributed by atoms with Crippen molar-refractivity contribution in [2.45, 2.75) is 17.9 Å². The Morgan fingerprint density at radius 2 is 1.46 bits per heavy atom. The average molecular weight is 391 g/mol. The summed E-state index contributed by atoms with van der Waals surface area (Å²) in [5, 5.41) is 0. The minimum Gasteiger partial charge on any atom is -0.489 e. The third-order valence-corrected chi connectivity index (χ3v) is 6.57. The summed E-state index contributed by atoms with van der Waals surface area (Å²) in [5.41, 5.74) is 2.75. The molecule has 142 valence electrons. The van der Waals surface area contributed by atoms with Crippen molar-refractivity contribution in [3.63, 3.8) is 0 Å². The topological polar surface area (TPSA) is 46.6 Å². The van der Waals surface area contributed by atoms with Crippen LogP contribution in [0.15, 0.2) is 96.0 Å². The fourth-order valence-corrected chi connectivity index (χ4v) is 4.71. The van der Waals surface area contributed by atoms with Crippen LogP contribution in [0.1, 0.15) is 22.7 Å². The van der Waals surface area contributed by atoms with Crippen molar-refractivity contribution in [3.8, 4) is 0 Å². The van der Waals surface area contributed by atoms with Crippen LogP contribution in [0.3, 0.4) is 0 Å². The third kappa shape index (κ3) is 3.53. The first-order chi connectivity index (χ1) is 13.6. The van der Waals surface area contributed by atoms with E-state index in [2.05, 4.69) is 0 Å².